The number of aromatic nitrogens is 4. The maximum atomic E-state index is 11.6. The van der Waals surface area contributed by atoms with Crippen LogP contribution in [0.5, 0.6) is 0 Å². The summed E-state index contributed by atoms with van der Waals surface area (Å²) in [4.78, 5) is 13.6. The number of rotatable bonds is 3. The van der Waals surface area contributed by atoms with Crippen LogP contribution in [0.4, 0.5) is 11.5 Å². The second-order valence-electron chi connectivity index (χ2n) is 4.95. The number of hydrogen-bond acceptors (Lipinski definition) is 5. The zero-order valence-corrected chi connectivity index (χ0v) is 11.8. The summed E-state index contributed by atoms with van der Waals surface area (Å²) < 4.78 is 1.25. The third-order valence-corrected chi connectivity index (χ3v) is 3.59. The highest BCUT2D eigenvalue weighted by Gasteiger charge is 2.15. The molecule has 0 spiro atoms. The molecule has 3 N–H and O–H groups in total. The van der Waals surface area contributed by atoms with Crippen LogP contribution in [0.3, 0.4) is 0 Å². The van der Waals surface area contributed by atoms with Gasteiger partial charge in [0.15, 0.2) is 5.65 Å². The predicted octanol–water partition coefficient (Wildman–Crippen LogP) is 1.20. The number of nitrogen functional groups attached to an aromatic ring is 1. The SMILES string of the molecule is CC(c1cccc(N)c1)N(C)c1ccc2n[nH]c(=O)n2n1. The van der Waals surface area contributed by atoms with Gasteiger partial charge in [0, 0.05) is 12.7 Å². The number of nitrogens with zero attached hydrogens (tertiary/aromatic N) is 4. The van der Waals surface area contributed by atoms with Crippen molar-refractivity contribution in [3.05, 3.63) is 52.4 Å². The van der Waals surface area contributed by atoms with Crippen LogP contribution < -0.4 is 16.3 Å². The Morgan fingerprint density at radius 1 is 1.33 bits per heavy atom. The Morgan fingerprint density at radius 3 is 2.90 bits per heavy atom. The second kappa shape index (κ2) is 4.93. The van der Waals surface area contributed by atoms with Crippen LogP contribution in [0.1, 0.15) is 18.5 Å². The van der Waals surface area contributed by atoms with Gasteiger partial charge in [-0.2, -0.15) is 9.61 Å². The first-order chi connectivity index (χ1) is 10.1. The fourth-order valence-corrected chi connectivity index (χ4v) is 2.22. The predicted molar refractivity (Wildman–Crippen MR) is 81.3 cm³/mol. The van der Waals surface area contributed by atoms with Crippen molar-refractivity contribution in [2.45, 2.75) is 13.0 Å². The van der Waals surface area contributed by atoms with Gasteiger partial charge >= 0.3 is 5.69 Å². The summed E-state index contributed by atoms with van der Waals surface area (Å²) in [7, 11) is 1.92. The third kappa shape index (κ3) is 2.33. The molecule has 108 valence electrons. The van der Waals surface area contributed by atoms with Crippen molar-refractivity contribution in [2.75, 3.05) is 17.7 Å². The number of benzene rings is 1. The van der Waals surface area contributed by atoms with E-state index in [0.29, 0.717) is 11.5 Å². The van der Waals surface area contributed by atoms with E-state index in [-0.39, 0.29) is 11.7 Å². The van der Waals surface area contributed by atoms with Gasteiger partial charge in [-0.3, -0.25) is 0 Å². The van der Waals surface area contributed by atoms with Gasteiger partial charge in [-0.1, -0.05) is 12.1 Å². The van der Waals surface area contributed by atoms with Gasteiger partial charge < -0.3 is 10.6 Å². The van der Waals surface area contributed by atoms with E-state index in [4.69, 9.17) is 5.73 Å². The number of hydrogen-bond donors (Lipinski definition) is 2. The van der Waals surface area contributed by atoms with Gasteiger partial charge in [-0.05, 0) is 36.8 Å². The first-order valence-electron chi connectivity index (χ1n) is 6.59. The normalized spacial score (nSPS) is 12.5. The minimum absolute atomic E-state index is 0.0704. The quantitative estimate of drug-likeness (QED) is 0.705. The van der Waals surface area contributed by atoms with Gasteiger partial charge in [0.2, 0.25) is 0 Å². The van der Waals surface area contributed by atoms with E-state index in [9.17, 15) is 4.79 Å². The Kier molecular flexibility index (Phi) is 3.09. The van der Waals surface area contributed by atoms with Gasteiger partial charge in [-0.25, -0.2) is 9.89 Å². The highest BCUT2D eigenvalue weighted by molar-refractivity contribution is 5.48. The average Bonchev–Trinajstić information content (AvgIpc) is 2.87. The van der Waals surface area contributed by atoms with Gasteiger partial charge in [0.05, 0.1) is 6.04 Å². The molecule has 3 rings (SSSR count). The van der Waals surface area contributed by atoms with E-state index >= 15 is 0 Å². The lowest BCUT2D eigenvalue weighted by Crippen LogP contribution is -2.24. The van der Waals surface area contributed by atoms with Crippen LogP contribution in [-0.2, 0) is 0 Å². The van der Waals surface area contributed by atoms with Crippen molar-refractivity contribution >= 4 is 17.2 Å². The molecule has 2 heterocycles. The zero-order valence-electron chi connectivity index (χ0n) is 11.8. The Balaban J connectivity index is 1.97. The molecular formula is C14H16N6O. The van der Waals surface area contributed by atoms with Crippen LogP contribution in [0.15, 0.2) is 41.2 Å². The standard InChI is InChI=1S/C14H16N6O/c1-9(10-4-3-5-11(15)8-10)19(2)13-7-6-12-16-17-14(21)20(12)18-13/h3-9H,15H2,1-2H3,(H,17,21). The van der Waals surface area contributed by atoms with E-state index in [1.807, 2.05) is 42.3 Å². The van der Waals surface area contributed by atoms with Crippen LogP contribution >= 0.6 is 0 Å². The van der Waals surface area contributed by atoms with Crippen molar-refractivity contribution < 1.29 is 0 Å². The van der Waals surface area contributed by atoms with Gasteiger partial charge in [0.25, 0.3) is 0 Å². The van der Waals surface area contributed by atoms with Crippen molar-refractivity contribution in [1.82, 2.24) is 19.8 Å². The summed E-state index contributed by atoms with van der Waals surface area (Å²) in [6.07, 6.45) is 0. The monoisotopic (exact) mass is 284 g/mol. The fraction of sp³-hybridized carbons (Fsp3) is 0.214. The van der Waals surface area contributed by atoms with Crippen LogP contribution in [0, 0.1) is 0 Å². The molecule has 7 heteroatoms. The molecular weight excluding hydrogens is 268 g/mol. The summed E-state index contributed by atoms with van der Waals surface area (Å²) >= 11 is 0. The first-order valence-corrected chi connectivity index (χ1v) is 6.59. The van der Waals surface area contributed by atoms with E-state index in [1.54, 1.807) is 6.07 Å². The molecule has 3 aromatic rings. The highest BCUT2D eigenvalue weighted by Crippen LogP contribution is 2.24. The molecule has 1 unspecified atom stereocenters. The molecule has 0 saturated heterocycles. The molecule has 1 atom stereocenters. The van der Waals surface area contributed by atoms with Crippen molar-refractivity contribution in [1.29, 1.82) is 0 Å². The van der Waals surface area contributed by atoms with Crippen molar-refractivity contribution in [3.63, 3.8) is 0 Å². The maximum absolute atomic E-state index is 11.6. The largest absolute Gasteiger partial charge is 0.399 e. The Hall–Kier alpha value is -2.83. The van der Waals surface area contributed by atoms with E-state index in [1.165, 1.54) is 4.52 Å². The minimum atomic E-state index is -0.350. The molecule has 0 saturated carbocycles. The molecule has 0 aliphatic heterocycles. The smallest absolute Gasteiger partial charge is 0.364 e. The minimum Gasteiger partial charge on any atom is -0.399 e. The second-order valence-corrected chi connectivity index (χ2v) is 4.95. The number of fused-ring (bicyclic) bond motifs is 1. The van der Waals surface area contributed by atoms with E-state index < -0.39 is 0 Å². The lowest BCUT2D eigenvalue weighted by atomic mass is 10.1. The molecule has 0 aliphatic rings. The lowest BCUT2D eigenvalue weighted by molar-refractivity contribution is 0.712. The first kappa shape index (κ1) is 13.2. The van der Waals surface area contributed by atoms with Gasteiger partial charge in [0.1, 0.15) is 5.82 Å². The molecule has 0 radical (unpaired) electrons. The molecule has 0 amide bonds. The molecule has 21 heavy (non-hydrogen) atoms. The zero-order chi connectivity index (χ0) is 15.0. The Morgan fingerprint density at radius 2 is 2.14 bits per heavy atom. The van der Waals surface area contributed by atoms with E-state index in [0.717, 1.165) is 11.3 Å². The summed E-state index contributed by atoms with van der Waals surface area (Å²) in [5.41, 5.74) is 7.77. The molecule has 2 aromatic heterocycles. The number of nitrogens with one attached hydrogen (secondary N) is 1. The summed E-state index contributed by atoms with van der Waals surface area (Å²) in [6, 6.07) is 11.4. The maximum Gasteiger partial charge on any atom is 0.364 e. The average molecular weight is 284 g/mol. The van der Waals surface area contributed by atoms with Crippen LogP contribution in [0.25, 0.3) is 5.65 Å². The molecule has 0 fully saturated rings. The Labute approximate surface area is 121 Å². The molecule has 0 aliphatic carbocycles. The topological polar surface area (TPSA) is 92.3 Å². The van der Waals surface area contributed by atoms with Crippen LogP contribution in [-0.4, -0.2) is 26.9 Å². The van der Waals surface area contributed by atoms with Crippen molar-refractivity contribution in [2.24, 2.45) is 0 Å². The van der Waals surface area contributed by atoms with Gasteiger partial charge in [-0.15, -0.1) is 5.10 Å². The number of aromatic amines is 1. The number of anilines is 2. The fourth-order valence-electron chi connectivity index (χ4n) is 2.22. The molecule has 1 aromatic carbocycles. The van der Waals surface area contributed by atoms with Crippen LogP contribution in [0.2, 0.25) is 0 Å². The lowest BCUT2D eigenvalue weighted by Gasteiger charge is -2.26. The van der Waals surface area contributed by atoms with Crippen molar-refractivity contribution in [3.8, 4) is 0 Å². The molecule has 0 bridgehead atoms. The summed E-state index contributed by atoms with van der Waals surface area (Å²) in [6.45, 7) is 2.05. The number of nitrogens with two attached hydrogens (primary N) is 1. The highest BCUT2D eigenvalue weighted by atomic mass is 16.2. The summed E-state index contributed by atoms with van der Waals surface area (Å²) in [5.74, 6) is 0.681. The number of H-pyrrole nitrogens is 1. The summed E-state index contributed by atoms with van der Waals surface area (Å²) in [5, 5.41) is 10.5. The van der Waals surface area contributed by atoms with E-state index in [2.05, 4.69) is 22.2 Å². The third-order valence-electron chi connectivity index (χ3n) is 3.59. The molecule has 7 nitrogen and oxygen atoms in total. The Bertz CT molecular complexity index is 837.